The highest BCUT2D eigenvalue weighted by molar-refractivity contribution is 7.99. The molecule has 146 valence electrons. The molecule has 2 unspecified atom stereocenters. The summed E-state index contributed by atoms with van der Waals surface area (Å²) in [6.07, 6.45) is 0. The summed E-state index contributed by atoms with van der Waals surface area (Å²) in [6.45, 7) is 0. The molecule has 0 aromatic heterocycles. The van der Waals surface area contributed by atoms with E-state index in [-0.39, 0.29) is 11.3 Å². The lowest BCUT2D eigenvalue weighted by atomic mass is 9.89. The first kappa shape index (κ1) is 19.3. The smallest absolute Gasteiger partial charge is 0.327 e. The van der Waals surface area contributed by atoms with Crippen molar-refractivity contribution >= 4 is 23.6 Å². The van der Waals surface area contributed by atoms with Gasteiger partial charge < -0.3 is 10.0 Å². The van der Waals surface area contributed by atoms with Crippen LogP contribution in [0.15, 0.2) is 91.0 Å². The molecule has 1 N–H and O–H groups in total. The van der Waals surface area contributed by atoms with Gasteiger partial charge in [-0.05, 0) is 16.7 Å². The molecule has 1 saturated heterocycles. The number of thioether (sulfide) groups is 1. The second-order valence-corrected chi connectivity index (χ2v) is 8.06. The molecule has 2 atom stereocenters. The van der Waals surface area contributed by atoms with Crippen LogP contribution in [0.3, 0.4) is 0 Å². The molecule has 1 fully saturated rings. The summed E-state index contributed by atoms with van der Waals surface area (Å²) in [6, 6.07) is 27.9. The first-order chi connectivity index (χ1) is 14.2. The van der Waals surface area contributed by atoms with Crippen molar-refractivity contribution in [3.8, 4) is 0 Å². The number of carbonyl (C=O) groups excluding carboxylic acids is 1. The second-order valence-electron chi connectivity index (χ2n) is 6.95. The largest absolute Gasteiger partial charge is 0.480 e. The lowest BCUT2D eigenvalue weighted by Gasteiger charge is -2.31. The Hall–Kier alpha value is -3.05. The molecule has 3 aromatic carbocycles. The summed E-state index contributed by atoms with van der Waals surface area (Å²) in [5, 5.41) is 9.49. The van der Waals surface area contributed by atoms with Crippen LogP contribution < -0.4 is 0 Å². The highest BCUT2D eigenvalue weighted by atomic mass is 32.2. The minimum atomic E-state index is -0.968. The molecule has 1 amide bonds. The molecule has 5 heteroatoms. The highest BCUT2D eigenvalue weighted by Crippen LogP contribution is 2.44. The van der Waals surface area contributed by atoms with Gasteiger partial charge in [0.2, 0.25) is 5.91 Å². The third kappa shape index (κ3) is 3.91. The first-order valence-electron chi connectivity index (χ1n) is 9.48. The first-order valence-corrected chi connectivity index (χ1v) is 10.5. The summed E-state index contributed by atoms with van der Waals surface area (Å²) in [7, 11) is 0. The number of benzene rings is 3. The number of carbonyl (C=O) groups is 2. The van der Waals surface area contributed by atoms with E-state index in [9.17, 15) is 14.7 Å². The van der Waals surface area contributed by atoms with Crippen molar-refractivity contribution in [3.63, 3.8) is 0 Å². The van der Waals surface area contributed by atoms with Gasteiger partial charge in [-0.2, -0.15) is 0 Å². The average Bonchev–Trinajstić information content (AvgIpc) is 3.22. The van der Waals surface area contributed by atoms with Gasteiger partial charge in [-0.1, -0.05) is 91.0 Å². The molecule has 0 aliphatic carbocycles. The van der Waals surface area contributed by atoms with Gasteiger partial charge in [0.25, 0.3) is 0 Å². The summed E-state index contributed by atoms with van der Waals surface area (Å²) >= 11 is 1.50. The van der Waals surface area contributed by atoms with E-state index >= 15 is 0 Å². The fraction of sp³-hybridized carbons (Fsp3) is 0.167. The number of hydrogen-bond acceptors (Lipinski definition) is 3. The van der Waals surface area contributed by atoms with Crippen molar-refractivity contribution in [2.45, 2.75) is 17.3 Å². The Morgan fingerprint density at radius 2 is 1.31 bits per heavy atom. The molecule has 1 aliphatic heterocycles. The third-order valence-corrected chi connectivity index (χ3v) is 6.46. The number of aliphatic carboxylic acids is 1. The van der Waals surface area contributed by atoms with E-state index in [2.05, 4.69) is 0 Å². The Balaban J connectivity index is 1.79. The number of carboxylic acids is 1. The van der Waals surface area contributed by atoms with Crippen LogP contribution >= 0.6 is 11.8 Å². The Bertz CT molecular complexity index is 939. The number of nitrogens with zero attached hydrogens (tertiary/aromatic N) is 1. The second kappa shape index (κ2) is 8.53. The van der Waals surface area contributed by atoms with Crippen LogP contribution in [0, 0.1) is 0 Å². The maximum atomic E-state index is 13.9. The Labute approximate surface area is 174 Å². The van der Waals surface area contributed by atoms with Crippen LogP contribution in [0.1, 0.15) is 28.0 Å². The van der Waals surface area contributed by atoms with Gasteiger partial charge in [0.1, 0.15) is 11.4 Å². The minimum Gasteiger partial charge on any atom is -0.480 e. The van der Waals surface area contributed by atoms with Crippen LogP contribution in [0.2, 0.25) is 0 Å². The van der Waals surface area contributed by atoms with Crippen molar-refractivity contribution in [1.29, 1.82) is 0 Å². The molecular weight excluding hydrogens is 382 g/mol. The van der Waals surface area contributed by atoms with Crippen molar-refractivity contribution in [3.05, 3.63) is 108 Å². The number of carboxylic acid groups (broad SMARTS) is 1. The van der Waals surface area contributed by atoms with E-state index < -0.39 is 17.9 Å². The van der Waals surface area contributed by atoms with Crippen LogP contribution in [0.4, 0.5) is 0 Å². The molecule has 0 radical (unpaired) electrons. The summed E-state index contributed by atoms with van der Waals surface area (Å²) in [5.74, 6) is -1.33. The standard InChI is InChI=1S/C24H21NO3S/c26-22(21(17-10-4-1-5-11-17)18-12-6-2-7-13-18)25-20(24(27)28)16-29-23(25)19-14-8-3-9-15-19/h1-15,20-21,23H,16H2,(H,27,28). The summed E-state index contributed by atoms with van der Waals surface area (Å²) in [5.41, 5.74) is 2.66. The van der Waals surface area contributed by atoms with Gasteiger partial charge in [-0.25, -0.2) is 4.79 Å². The maximum Gasteiger partial charge on any atom is 0.327 e. The van der Waals surface area contributed by atoms with Crippen molar-refractivity contribution in [2.75, 3.05) is 5.75 Å². The molecule has 3 aromatic rings. The van der Waals surface area contributed by atoms with Crippen molar-refractivity contribution in [2.24, 2.45) is 0 Å². The molecule has 0 bridgehead atoms. The zero-order valence-electron chi connectivity index (χ0n) is 15.7. The van der Waals surface area contributed by atoms with Gasteiger partial charge in [-0.3, -0.25) is 4.79 Å². The van der Waals surface area contributed by atoms with Gasteiger partial charge >= 0.3 is 5.97 Å². The Morgan fingerprint density at radius 1 is 0.828 bits per heavy atom. The van der Waals surface area contributed by atoms with Crippen LogP contribution in [-0.4, -0.2) is 33.7 Å². The van der Waals surface area contributed by atoms with Gasteiger partial charge in [0.15, 0.2) is 0 Å². The molecule has 0 saturated carbocycles. The van der Waals surface area contributed by atoms with E-state index in [0.29, 0.717) is 5.75 Å². The van der Waals surface area contributed by atoms with Crippen LogP contribution in [0.25, 0.3) is 0 Å². The predicted molar refractivity (Wildman–Crippen MR) is 115 cm³/mol. The van der Waals surface area contributed by atoms with E-state index in [1.807, 2.05) is 91.0 Å². The Morgan fingerprint density at radius 3 is 1.79 bits per heavy atom. The van der Waals surface area contributed by atoms with E-state index in [0.717, 1.165) is 16.7 Å². The molecule has 4 rings (SSSR count). The minimum absolute atomic E-state index is 0.186. The van der Waals surface area contributed by atoms with E-state index in [1.54, 1.807) is 4.90 Å². The monoisotopic (exact) mass is 403 g/mol. The average molecular weight is 404 g/mol. The van der Waals surface area contributed by atoms with Crippen LogP contribution in [-0.2, 0) is 9.59 Å². The number of hydrogen-bond donors (Lipinski definition) is 1. The summed E-state index contributed by atoms with van der Waals surface area (Å²) in [4.78, 5) is 27.4. The zero-order valence-corrected chi connectivity index (χ0v) is 16.5. The van der Waals surface area contributed by atoms with E-state index in [4.69, 9.17) is 0 Å². The van der Waals surface area contributed by atoms with Crippen molar-refractivity contribution in [1.82, 2.24) is 4.90 Å². The number of amides is 1. The lowest BCUT2D eigenvalue weighted by molar-refractivity contribution is -0.149. The molecule has 1 heterocycles. The van der Waals surface area contributed by atoms with Gasteiger partial charge in [0, 0.05) is 5.75 Å². The summed E-state index contributed by atoms with van der Waals surface area (Å²) < 4.78 is 0. The molecule has 4 nitrogen and oxygen atoms in total. The van der Waals surface area contributed by atoms with E-state index in [1.165, 1.54) is 11.8 Å². The fourth-order valence-corrected chi connectivity index (χ4v) is 5.19. The fourth-order valence-electron chi connectivity index (χ4n) is 3.76. The zero-order chi connectivity index (χ0) is 20.2. The number of rotatable bonds is 5. The normalized spacial score (nSPS) is 18.7. The molecule has 0 spiro atoms. The topological polar surface area (TPSA) is 57.6 Å². The van der Waals surface area contributed by atoms with Gasteiger partial charge in [-0.15, -0.1) is 11.8 Å². The predicted octanol–water partition coefficient (Wildman–Crippen LogP) is 4.55. The Kier molecular flexibility index (Phi) is 5.67. The highest BCUT2D eigenvalue weighted by Gasteiger charge is 2.44. The quantitative estimate of drug-likeness (QED) is 0.679. The van der Waals surface area contributed by atoms with Crippen LogP contribution in [0.5, 0.6) is 0 Å². The lowest BCUT2D eigenvalue weighted by Crippen LogP contribution is -2.45. The maximum absolute atomic E-state index is 13.9. The SMILES string of the molecule is O=C(O)C1CSC(c2ccccc2)N1C(=O)C(c1ccccc1)c1ccccc1. The molecule has 29 heavy (non-hydrogen) atoms. The molecular formula is C24H21NO3S. The van der Waals surface area contributed by atoms with Gasteiger partial charge in [0.05, 0.1) is 5.92 Å². The van der Waals surface area contributed by atoms with Crippen molar-refractivity contribution < 1.29 is 14.7 Å². The third-order valence-electron chi connectivity index (χ3n) is 5.14. The molecule has 1 aliphatic rings.